The molecule has 15 heavy (non-hydrogen) atoms. The Bertz CT molecular complexity index is 374. The molecule has 3 heteroatoms. The number of nitrogen functional groups attached to an aromatic ring is 1. The first kappa shape index (κ1) is 10.8. The van der Waals surface area contributed by atoms with E-state index in [1.165, 1.54) is 6.42 Å². The first-order valence-electron chi connectivity index (χ1n) is 5.28. The Kier molecular flexibility index (Phi) is 2.67. The third-order valence-corrected chi connectivity index (χ3v) is 3.76. The molecule has 0 heterocycles. The summed E-state index contributed by atoms with van der Waals surface area (Å²) in [5.41, 5.74) is 8.28. The number of nitrogens with one attached hydrogen (secondary N) is 1. The summed E-state index contributed by atoms with van der Waals surface area (Å²) in [4.78, 5) is 0. The van der Waals surface area contributed by atoms with Crippen molar-refractivity contribution in [2.75, 3.05) is 17.6 Å². The van der Waals surface area contributed by atoms with Crippen molar-refractivity contribution in [2.24, 2.45) is 11.3 Å². The van der Waals surface area contributed by atoms with E-state index in [0.717, 1.165) is 28.3 Å². The lowest BCUT2D eigenvalue weighted by molar-refractivity contribution is 0.573. The van der Waals surface area contributed by atoms with E-state index in [1.807, 2.05) is 18.2 Å². The standard InChI is InChI=1S/C12H17BrN2/c1-12(2)6-8(12)7-15-11-4-3-9(13)5-10(11)14/h3-5,8,15H,6-7,14H2,1-2H3. The first-order chi connectivity index (χ1) is 6.99. The molecule has 0 aromatic heterocycles. The van der Waals surface area contributed by atoms with Crippen LogP contribution < -0.4 is 11.1 Å². The van der Waals surface area contributed by atoms with Crippen LogP contribution in [0.3, 0.4) is 0 Å². The van der Waals surface area contributed by atoms with Gasteiger partial charge in [0.05, 0.1) is 11.4 Å². The summed E-state index contributed by atoms with van der Waals surface area (Å²) < 4.78 is 1.03. The van der Waals surface area contributed by atoms with E-state index in [4.69, 9.17) is 5.73 Å². The molecule has 0 amide bonds. The largest absolute Gasteiger partial charge is 0.397 e. The minimum absolute atomic E-state index is 0.525. The van der Waals surface area contributed by atoms with E-state index in [-0.39, 0.29) is 0 Å². The lowest BCUT2D eigenvalue weighted by Gasteiger charge is -2.10. The lowest BCUT2D eigenvalue weighted by atomic mass is 10.1. The van der Waals surface area contributed by atoms with Crippen molar-refractivity contribution in [1.29, 1.82) is 0 Å². The zero-order chi connectivity index (χ0) is 11.1. The highest BCUT2D eigenvalue weighted by molar-refractivity contribution is 9.10. The van der Waals surface area contributed by atoms with E-state index in [1.54, 1.807) is 0 Å². The fourth-order valence-corrected chi connectivity index (χ4v) is 2.23. The van der Waals surface area contributed by atoms with Crippen LogP contribution in [0.1, 0.15) is 20.3 Å². The van der Waals surface area contributed by atoms with Crippen LogP contribution in [0.15, 0.2) is 22.7 Å². The number of nitrogens with two attached hydrogens (primary N) is 1. The van der Waals surface area contributed by atoms with Gasteiger partial charge in [-0.05, 0) is 36.0 Å². The van der Waals surface area contributed by atoms with Crippen LogP contribution in [0.2, 0.25) is 0 Å². The van der Waals surface area contributed by atoms with Gasteiger partial charge in [0.2, 0.25) is 0 Å². The molecule has 1 aliphatic rings. The van der Waals surface area contributed by atoms with Crippen molar-refractivity contribution in [3.8, 4) is 0 Å². The Morgan fingerprint density at radius 1 is 1.53 bits per heavy atom. The Labute approximate surface area is 99.4 Å². The Morgan fingerprint density at radius 2 is 2.20 bits per heavy atom. The fourth-order valence-electron chi connectivity index (χ4n) is 1.85. The highest BCUT2D eigenvalue weighted by Crippen LogP contribution is 2.51. The van der Waals surface area contributed by atoms with Crippen LogP contribution in [-0.2, 0) is 0 Å². The highest BCUT2D eigenvalue weighted by Gasteiger charge is 2.44. The maximum absolute atomic E-state index is 5.90. The molecular weight excluding hydrogens is 252 g/mol. The molecule has 1 unspecified atom stereocenters. The third-order valence-electron chi connectivity index (χ3n) is 3.27. The predicted octanol–water partition coefficient (Wildman–Crippen LogP) is 3.49. The molecule has 1 saturated carbocycles. The molecule has 0 bridgehead atoms. The minimum Gasteiger partial charge on any atom is -0.397 e. The lowest BCUT2D eigenvalue weighted by Crippen LogP contribution is -2.08. The molecule has 2 nitrogen and oxygen atoms in total. The van der Waals surface area contributed by atoms with Gasteiger partial charge in [0.1, 0.15) is 0 Å². The second kappa shape index (κ2) is 3.71. The summed E-state index contributed by atoms with van der Waals surface area (Å²) >= 11 is 3.40. The van der Waals surface area contributed by atoms with E-state index in [2.05, 4.69) is 35.1 Å². The Morgan fingerprint density at radius 3 is 2.73 bits per heavy atom. The predicted molar refractivity (Wildman–Crippen MR) is 68.9 cm³/mol. The maximum Gasteiger partial charge on any atom is 0.0574 e. The second-order valence-corrected chi connectivity index (χ2v) is 5.92. The molecule has 1 aliphatic carbocycles. The smallest absolute Gasteiger partial charge is 0.0574 e. The molecule has 1 aromatic carbocycles. The van der Waals surface area contributed by atoms with E-state index in [0.29, 0.717) is 5.41 Å². The normalized spacial score (nSPS) is 22.5. The number of halogens is 1. The molecule has 2 rings (SSSR count). The molecule has 1 aromatic rings. The van der Waals surface area contributed by atoms with Crippen LogP contribution in [-0.4, -0.2) is 6.54 Å². The molecule has 3 N–H and O–H groups in total. The molecule has 1 fully saturated rings. The van der Waals surface area contributed by atoms with Crippen LogP contribution in [0.5, 0.6) is 0 Å². The van der Waals surface area contributed by atoms with Gasteiger partial charge < -0.3 is 11.1 Å². The van der Waals surface area contributed by atoms with Gasteiger partial charge in [0, 0.05) is 11.0 Å². The summed E-state index contributed by atoms with van der Waals surface area (Å²) in [5, 5.41) is 3.41. The summed E-state index contributed by atoms with van der Waals surface area (Å²) in [7, 11) is 0. The third kappa shape index (κ3) is 2.46. The monoisotopic (exact) mass is 268 g/mol. The molecule has 82 valence electrons. The number of rotatable bonds is 3. The second-order valence-electron chi connectivity index (χ2n) is 5.00. The van der Waals surface area contributed by atoms with Gasteiger partial charge in [-0.25, -0.2) is 0 Å². The van der Waals surface area contributed by atoms with Crippen molar-refractivity contribution in [2.45, 2.75) is 20.3 Å². The van der Waals surface area contributed by atoms with Gasteiger partial charge >= 0.3 is 0 Å². The number of anilines is 2. The highest BCUT2D eigenvalue weighted by atomic mass is 79.9. The van der Waals surface area contributed by atoms with Crippen molar-refractivity contribution < 1.29 is 0 Å². The summed E-state index contributed by atoms with van der Waals surface area (Å²) in [6.45, 7) is 5.65. The van der Waals surface area contributed by atoms with Crippen LogP contribution in [0.25, 0.3) is 0 Å². The quantitative estimate of drug-likeness (QED) is 0.824. The van der Waals surface area contributed by atoms with Crippen molar-refractivity contribution in [3.05, 3.63) is 22.7 Å². The van der Waals surface area contributed by atoms with Gasteiger partial charge in [-0.3, -0.25) is 0 Å². The van der Waals surface area contributed by atoms with E-state index >= 15 is 0 Å². The van der Waals surface area contributed by atoms with Crippen molar-refractivity contribution in [3.63, 3.8) is 0 Å². The van der Waals surface area contributed by atoms with Crippen LogP contribution in [0, 0.1) is 11.3 Å². The number of hydrogen-bond acceptors (Lipinski definition) is 2. The number of hydrogen-bond donors (Lipinski definition) is 2. The average molecular weight is 269 g/mol. The maximum atomic E-state index is 5.90. The van der Waals surface area contributed by atoms with E-state index < -0.39 is 0 Å². The Hall–Kier alpha value is -0.700. The average Bonchev–Trinajstić information content (AvgIpc) is 2.73. The molecule has 0 saturated heterocycles. The minimum atomic E-state index is 0.525. The van der Waals surface area contributed by atoms with Gasteiger partial charge in [-0.1, -0.05) is 29.8 Å². The summed E-state index contributed by atoms with van der Waals surface area (Å²) in [5.74, 6) is 0.792. The van der Waals surface area contributed by atoms with E-state index in [9.17, 15) is 0 Å². The van der Waals surface area contributed by atoms with Gasteiger partial charge in [0.25, 0.3) is 0 Å². The molecule has 0 spiro atoms. The molecular formula is C12H17BrN2. The molecule has 1 atom stereocenters. The van der Waals surface area contributed by atoms with Crippen molar-refractivity contribution in [1.82, 2.24) is 0 Å². The van der Waals surface area contributed by atoms with Crippen molar-refractivity contribution >= 4 is 27.3 Å². The molecule has 0 radical (unpaired) electrons. The topological polar surface area (TPSA) is 38.0 Å². The van der Waals surface area contributed by atoms with Crippen LogP contribution >= 0.6 is 15.9 Å². The van der Waals surface area contributed by atoms with Gasteiger partial charge in [-0.2, -0.15) is 0 Å². The zero-order valence-corrected chi connectivity index (χ0v) is 10.8. The van der Waals surface area contributed by atoms with Crippen LogP contribution in [0.4, 0.5) is 11.4 Å². The first-order valence-corrected chi connectivity index (χ1v) is 6.07. The fraction of sp³-hybridized carbons (Fsp3) is 0.500. The summed E-state index contributed by atoms with van der Waals surface area (Å²) in [6.07, 6.45) is 1.32. The summed E-state index contributed by atoms with van der Waals surface area (Å²) in [6, 6.07) is 5.96. The molecule has 0 aliphatic heterocycles. The van der Waals surface area contributed by atoms with Gasteiger partial charge in [-0.15, -0.1) is 0 Å². The number of benzene rings is 1. The SMILES string of the molecule is CC1(C)CC1CNc1ccc(Br)cc1N. The Balaban J connectivity index is 1.94. The zero-order valence-electron chi connectivity index (χ0n) is 9.18. The van der Waals surface area contributed by atoms with Gasteiger partial charge in [0.15, 0.2) is 0 Å².